The van der Waals surface area contributed by atoms with Gasteiger partial charge in [0.15, 0.2) is 5.69 Å². The van der Waals surface area contributed by atoms with Crippen LogP contribution in [0, 0.1) is 5.41 Å². The number of halogens is 3. The number of carbonyl (C=O) groups excluding carboxylic acids is 2. The second kappa shape index (κ2) is 6.17. The van der Waals surface area contributed by atoms with Gasteiger partial charge in [-0.25, -0.2) is 4.79 Å². The minimum atomic E-state index is -4.66. The number of nitrogens with zero attached hydrogens (tertiary/aromatic N) is 4. The van der Waals surface area contributed by atoms with Gasteiger partial charge in [0.25, 0.3) is 5.91 Å². The Morgan fingerprint density at radius 1 is 1.35 bits per heavy atom. The number of nitrogens with one attached hydrogen (secondary N) is 1. The number of aryl methyl sites for hydroxylation is 1. The van der Waals surface area contributed by atoms with Crippen LogP contribution in [-0.4, -0.2) is 64.7 Å². The summed E-state index contributed by atoms with van der Waals surface area (Å²) in [6.07, 6.45) is -1.35. The van der Waals surface area contributed by atoms with Crippen molar-refractivity contribution in [3.63, 3.8) is 0 Å². The highest BCUT2D eigenvalue weighted by Gasteiger charge is 2.50. The Balaban J connectivity index is 1.64. The lowest BCUT2D eigenvalue weighted by atomic mass is 9.65. The number of carbonyl (C=O) groups is 2. The molecule has 10 heteroatoms. The Hall–Kier alpha value is -2.26. The minimum Gasteiger partial charge on any atom is -0.338 e. The fourth-order valence-corrected chi connectivity index (χ4v) is 3.86. The molecule has 0 atom stereocenters. The average Bonchev–Trinajstić information content (AvgIpc) is 3.09. The first-order chi connectivity index (χ1) is 12.0. The van der Waals surface area contributed by atoms with Gasteiger partial charge in [0, 0.05) is 46.5 Å². The van der Waals surface area contributed by atoms with Gasteiger partial charge in [0.2, 0.25) is 0 Å². The molecule has 0 bridgehead atoms. The zero-order valence-electron chi connectivity index (χ0n) is 14.9. The van der Waals surface area contributed by atoms with E-state index in [0.29, 0.717) is 13.1 Å². The molecule has 1 N–H and O–H groups in total. The maximum absolute atomic E-state index is 13.1. The first kappa shape index (κ1) is 18.5. The largest absolute Gasteiger partial charge is 0.435 e. The zero-order chi connectivity index (χ0) is 19.3. The molecule has 1 aliphatic heterocycles. The smallest absolute Gasteiger partial charge is 0.338 e. The van der Waals surface area contributed by atoms with Gasteiger partial charge in [-0.2, -0.15) is 18.3 Å². The highest BCUT2D eigenvalue weighted by molar-refractivity contribution is 5.95. The van der Waals surface area contributed by atoms with Gasteiger partial charge in [0.05, 0.1) is 5.56 Å². The summed E-state index contributed by atoms with van der Waals surface area (Å²) in [6, 6.07) is -0.120. The molecule has 3 amide bonds. The van der Waals surface area contributed by atoms with Gasteiger partial charge in [-0.3, -0.25) is 9.48 Å². The molecule has 26 heavy (non-hydrogen) atoms. The predicted octanol–water partition coefficient (Wildman–Crippen LogP) is 1.70. The number of likely N-dealkylation sites (tertiary alicyclic amines) is 1. The summed E-state index contributed by atoms with van der Waals surface area (Å²) in [6.45, 7) is 0.825. The third-order valence-corrected chi connectivity index (χ3v) is 5.15. The molecule has 2 heterocycles. The maximum atomic E-state index is 13.1. The van der Waals surface area contributed by atoms with E-state index in [9.17, 15) is 22.8 Å². The first-order valence-corrected chi connectivity index (χ1v) is 8.39. The van der Waals surface area contributed by atoms with Crippen LogP contribution in [0.1, 0.15) is 35.3 Å². The van der Waals surface area contributed by atoms with Crippen LogP contribution < -0.4 is 5.32 Å². The number of alkyl halides is 3. The van der Waals surface area contributed by atoms with E-state index in [1.807, 2.05) is 0 Å². The second-order valence-corrected chi connectivity index (χ2v) is 7.49. The van der Waals surface area contributed by atoms with Crippen LogP contribution in [0.5, 0.6) is 0 Å². The van der Waals surface area contributed by atoms with Crippen LogP contribution in [-0.2, 0) is 13.2 Å². The molecule has 144 valence electrons. The lowest BCUT2D eigenvalue weighted by molar-refractivity contribution is -0.141. The molecule has 2 fully saturated rings. The standard InChI is InChI=1S/C16H22F3N5O2/c1-22(2)14(26)20-10-6-15(7-10)4-5-24(9-15)13(25)11-8-23(3)21-12(11)16(17,18)19/h8,10H,4-7,9H2,1-3H3,(H,20,26). The number of urea groups is 1. The zero-order valence-corrected chi connectivity index (χ0v) is 14.9. The molecule has 1 aliphatic carbocycles. The molecule has 0 radical (unpaired) electrons. The van der Waals surface area contributed by atoms with Crippen LogP contribution in [0.25, 0.3) is 0 Å². The van der Waals surface area contributed by atoms with E-state index in [-0.39, 0.29) is 17.5 Å². The van der Waals surface area contributed by atoms with Crippen molar-refractivity contribution in [1.29, 1.82) is 0 Å². The van der Waals surface area contributed by atoms with E-state index >= 15 is 0 Å². The third-order valence-electron chi connectivity index (χ3n) is 5.15. The minimum absolute atomic E-state index is 0.0454. The van der Waals surface area contributed by atoms with Crippen LogP contribution >= 0.6 is 0 Å². The normalized spacial score (nSPS) is 25.3. The lowest BCUT2D eigenvalue weighted by Gasteiger charge is -2.45. The summed E-state index contributed by atoms with van der Waals surface area (Å²) >= 11 is 0. The van der Waals surface area contributed by atoms with Gasteiger partial charge in [0.1, 0.15) is 0 Å². The van der Waals surface area contributed by atoms with Gasteiger partial charge in [-0.05, 0) is 24.7 Å². The number of rotatable bonds is 2. The fourth-order valence-electron chi connectivity index (χ4n) is 3.86. The molecular formula is C16H22F3N5O2. The number of hydrogen-bond donors (Lipinski definition) is 1. The number of aromatic nitrogens is 2. The molecule has 1 saturated carbocycles. The Morgan fingerprint density at radius 3 is 2.58 bits per heavy atom. The van der Waals surface area contributed by atoms with Crippen molar-refractivity contribution >= 4 is 11.9 Å². The van der Waals surface area contributed by atoms with E-state index in [2.05, 4.69) is 10.4 Å². The quantitative estimate of drug-likeness (QED) is 0.858. The van der Waals surface area contributed by atoms with E-state index < -0.39 is 23.3 Å². The second-order valence-electron chi connectivity index (χ2n) is 7.49. The average molecular weight is 373 g/mol. The van der Waals surface area contributed by atoms with E-state index in [0.717, 1.165) is 30.1 Å². The van der Waals surface area contributed by atoms with Crippen molar-refractivity contribution in [3.8, 4) is 0 Å². The van der Waals surface area contributed by atoms with E-state index in [1.54, 1.807) is 14.1 Å². The fraction of sp³-hybridized carbons (Fsp3) is 0.688. The maximum Gasteiger partial charge on any atom is 0.435 e. The molecule has 2 aliphatic rings. The van der Waals surface area contributed by atoms with E-state index in [1.165, 1.54) is 16.8 Å². The Kier molecular flexibility index (Phi) is 4.40. The molecular weight excluding hydrogens is 351 g/mol. The van der Waals surface area contributed by atoms with Crippen LogP contribution in [0.15, 0.2) is 6.20 Å². The molecule has 3 rings (SSSR count). The molecule has 7 nitrogen and oxygen atoms in total. The number of amides is 3. The highest BCUT2D eigenvalue weighted by Crippen LogP contribution is 2.48. The van der Waals surface area contributed by atoms with Crippen LogP contribution in [0.4, 0.5) is 18.0 Å². The SMILES string of the molecule is CN(C)C(=O)NC1CC2(CCN(C(=O)c3cn(C)nc3C(F)(F)F)C2)C1. The Bertz CT molecular complexity index is 722. The predicted molar refractivity (Wildman–Crippen MR) is 86.4 cm³/mol. The Labute approximate surface area is 149 Å². The summed E-state index contributed by atoms with van der Waals surface area (Å²) in [5, 5.41) is 6.29. The van der Waals surface area contributed by atoms with Crippen molar-refractivity contribution in [2.45, 2.75) is 31.5 Å². The van der Waals surface area contributed by atoms with Crippen molar-refractivity contribution in [2.75, 3.05) is 27.2 Å². The summed E-state index contributed by atoms with van der Waals surface area (Å²) in [7, 11) is 4.68. The molecule has 1 saturated heterocycles. The van der Waals surface area contributed by atoms with Crippen molar-refractivity contribution < 1.29 is 22.8 Å². The summed E-state index contributed by atoms with van der Waals surface area (Å²) < 4.78 is 40.3. The first-order valence-electron chi connectivity index (χ1n) is 8.39. The van der Waals surface area contributed by atoms with Crippen molar-refractivity contribution in [2.24, 2.45) is 12.5 Å². The number of hydrogen-bond acceptors (Lipinski definition) is 3. The van der Waals surface area contributed by atoms with Gasteiger partial charge in [-0.15, -0.1) is 0 Å². The summed E-state index contributed by atoms with van der Waals surface area (Å²) in [4.78, 5) is 27.2. The molecule has 0 aromatic carbocycles. The topological polar surface area (TPSA) is 70.5 Å². The van der Waals surface area contributed by atoms with Crippen molar-refractivity contribution in [1.82, 2.24) is 24.9 Å². The Morgan fingerprint density at radius 2 is 2.00 bits per heavy atom. The molecule has 0 unspecified atom stereocenters. The molecule has 1 aromatic rings. The highest BCUT2D eigenvalue weighted by atomic mass is 19.4. The van der Waals surface area contributed by atoms with Crippen LogP contribution in [0.3, 0.4) is 0 Å². The third kappa shape index (κ3) is 3.36. The van der Waals surface area contributed by atoms with Crippen LogP contribution in [0.2, 0.25) is 0 Å². The van der Waals surface area contributed by atoms with Crippen molar-refractivity contribution in [3.05, 3.63) is 17.5 Å². The van der Waals surface area contributed by atoms with Gasteiger partial charge < -0.3 is 15.1 Å². The van der Waals surface area contributed by atoms with Gasteiger partial charge >= 0.3 is 12.2 Å². The molecule has 1 spiro atoms. The van der Waals surface area contributed by atoms with E-state index in [4.69, 9.17) is 0 Å². The molecule has 1 aromatic heterocycles. The summed E-state index contributed by atoms with van der Waals surface area (Å²) in [5.74, 6) is -0.636. The van der Waals surface area contributed by atoms with Gasteiger partial charge in [-0.1, -0.05) is 0 Å². The summed E-state index contributed by atoms with van der Waals surface area (Å²) in [5.41, 5.74) is -1.66. The monoisotopic (exact) mass is 373 g/mol. The lowest BCUT2D eigenvalue weighted by Crippen LogP contribution is -2.54.